The molecule has 1 aromatic carbocycles. The van der Waals surface area contributed by atoms with E-state index in [1.165, 1.54) is 11.3 Å². The van der Waals surface area contributed by atoms with Gasteiger partial charge in [0.1, 0.15) is 0 Å². The van der Waals surface area contributed by atoms with Crippen LogP contribution in [-0.4, -0.2) is 18.4 Å². The summed E-state index contributed by atoms with van der Waals surface area (Å²) in [5.74, 6) is -0.352. The van der Waals surface area contributed by atoms with Crippen LogP contribution in [0.2, 0.25) is 5.02 Å². The molecular weight excluding hydrogens is 296 g/mol. The number of carbonyl (C=O) groups is 2. The van der Waals surface area contributed by atoms with Gasteiger partial charge < -0.3 is 10.6 Å². The molecule has 2 N–H and O–H groups in total. The molecule has 0 aliphatic heterocycles. The first-order valence-electron chi connectivity index (χ1n) is 6.03. The zero-order valence-corrected chi connectivity index (χ0v) is 12.1. The van der Waals surface area contributed by atoms with Crippen molar-refractivity contribution in [3.05, 3.63) is 51.7 Å². The summed E-state index contributed by atoms with van der Waals surface area (Å²) in [5.41, 5.74) is 0.573. The second-order valence-electron chi connectivity index (χ2n) is 4.01. The van der Waals surface area contributed by atoms with Gasteiger partial charge in [-0.25, -0.2) is 0 Å². The van der Waals surface area contributed by atoms with Crippen LogP contribution in [0, 0.1) is 0 Å². The van der Waals surface area contributed by atoms with Crippen molar-refractivity contribution >= 4 is 40.4 Å². The Labute approximate surface area is 125 Å². The summed E-state index contributed by atoms with van der Waals surface area (Å²) in [7, 11) is 0. The molecule has 2 amide bonds. The Morgan fingerprint density at radius 1 is 1.15 bits per heavy atom. The van der Waals surface area contributed by atoms with E-state index >= 15 is 0 Å². The van der Waals surface area contributed by atoms with Gasteiger partial charge in [0.05, 0.1) is 15.6 Å². The maximum absolute atomic E-state index is 11.7. The Bertz CT molecular complexity index is 599. The maximum atomic E-state index is 11.7. The molecule has 0 fully saturated rings. The SMILES string of the molecule is O=C(CCNC(=O)c1cccs1)Nc1ccccc1Cl. The molecule has 0 bridgehead atoms. The largest absolute Gasteiger partial charge is 0.351 e. The third-order valence-corrected chi connectivity index (χ3v) is 3.73. The van der Waals surface area contributed by atoms with Crippen LogP contribution >= 0.6 is 22.9 Å². The molecule has 104 valence electrons. The van der Waals surface area contributed by atoms with Crippen molar-refractivity contribution in [2.24, 2.45) is 0 Å². The van der Waals surface area contributed by atoms with Gasteiger partial charge in [-0.3, -0.25) is 9.59 Å². The van der Waals surface area contributed by atoms with Crippen molar-refractivity contribution in [2.75, 3.05) is 11.9 Å². The lowest BCUT2D eigenvalue weighted by molar-refractivity contribution is -0.116. The van der Waals surface area contributed by atoms with E-state index in [9.17, 15) is 9.59 Å². The molecule has 2 aromatic rings. The molecule has 0 saturated heterocycles. The number of amides is 2. The fraction of sp³-hybridized carbons (Fsp3) is 0.143. The Balaban J connectivity index is 1.76. The molecule has 0 aliphatic carbocycles. The molecule has 0 radical (unpaired) electrons. The number of hydrogen-bond donors (Lipinski definition) is 2. The summed E-state index contributed by atoms with van der Waals surface area (Å²) in [4.78, 5) is 24.0. The number of benzene rings is 1. The fourth-order valence-electron chi connectivity index (χ4n) is 1.56. The number of halogens is 1. The molecule has 4 nitrogen and oxygen atoms in total. The number of nitrogens with one attached hydrogen (secondary N) is 2. The minimum Gasteiger partial charge on any atom is -0.351 e. The fourth-order valence-corrected chi connectivity index (χ4v) is 2.38. The van der Waals surface area contributed by atoms with Crippen LogP contribution in [0.4, 0.5) is 5.69 Å². The Hall–Kier alpha value is -1.85. The molecule has 1 aromatic heterocycles. The Morgan fingerprint density at radius 2 is 1.95 bits per heavy atom. The molecule has 6 heteroatoms. The molecule has 0 unspecified atom stereocenters. The van der Waals surface area contributed by atoms with Crippen molar-refractivity contribution in [2.45, 2.75) is 6.42 Å². The monoisotopic (exact) mass is 308 g/mol. The van der Waals surface area contributed by atoms with Crippen molar-refractivity contribution in [3.8, 4) is 0 Å². The van der Waals surface area contributed by atoms with Crippen molar-refractivity contribution in [3.63, 3.8) is 0 Å². The minimum atomic E-state index is -0.190. The zero-order valence-electron chi connectivity index (χ0n) is 10.6. The predicted octanol–water partition coefficient (Wildman–Crippen LogP) is 3.16. The van der Waals surface area contributed by atoms with Crippen LogP contribution in [-0.2, 0) is 4.79 Å². The summed E-state index contributed by atoms with van der Waals surface area (Å²) in [5, 5.41) is 7.71. The quantitative estimate of drug-likeness (QED) is 0.891. The van der Waals surface area contributed by atoms with E-state index in [2.05, 4.69) is 10.6 Å². The number of rotatable bonds is 5. The van der Waals surface area contributed by atoms with Gasteiger partial charge >= 0.3 is 0 Å². The van der Waals surface area contributed by atoms with E-state index in [4.69, 9.17) is 11.6 Å². The van der Waals surface area contributed by atoms with Gasteiger partial charge in [-0.1, -0.05) is 29.8 Å². The van der Waals surface area contributed by atoms with Gasteiger partial charge in [-0.05, 0) is 23.6 Å². The predicted molar refractivity (Wildman–Crippen MR) is 81.4 cm³/mol. The van der Waals surface area contributed by atoms with E-state index in [1.807, 2.05) is 11.4 Å². The molecule has 0 saturated carbocycles. The maximum Gasteiger partial charge on any atom is 0.261 e. The van der Waals surface area contributed by atoms with Crippen LogP contribution < -0.4 is 10.6 Å². The van der Waals surface area contributed by atoms with E-state index in [0.717, 1.165) is 0 Å². The van der Waals surface area contributed by atoms with E-state index in [-0.39, 0.29) is 24.8 Å². The highest BCUT2D eigenvalue weighted by molar-refractivity contribution is 7.12. The first kappa shape index (κ1) is 14.6. The smallest absolute Gasteiger partial charge is 0.261 e. The van der Waals surface area contributed by atoms with Crippen LogP contribution in [0.1, 0.15) is 16.1 Å². The third kappa shape index (κ3) is 4.08. The topological polar surface area (TPSA) is 58.2 Å². The van der Waals surface area contributed by atoms with Gasteiger partial charge in [0, 0.05) is 13.0 Å². The normalized spacial score (nSPS) is 10.1. The second kappa shape index (κ2) is 7.07. The number of thiophene rings is 1. The van der Waals surface area contributed by atoms with Gasteiger partial charge in [-0.15, -0.1) is 11.3 Å². The Kier molecular flexibility index (Phi) is 5.15. The average Bonchev–Trinajstić information content (AvgIpc) is 2.95. The van der Waals surface area contributed by atoms with Crippen LogP contribution in [0.15, 0.2) is 41.8 Å². The molecule has 1 heterocycles. The minimum absolute atomic E-state index is 0.162. The van der Waals surface area contributed by atoms with E-state index in [0.29, 0.717) is 15.6 Å². The van der Waals surface area contributed by atoms with Crippen LogP contribution in [0.5, 0.6) is 0 Å². The summed E-state index contributed by atoms with van der Waals surface area (Å²) >= 11 is 7.30. The highest BCUT2D eigenvalue weighted by Crippen LogP contribution is 2.20. The van der Waals surface area contributed by atoms with Crippen molar-refractivity contribution in [1.29, 1.82) is 0 Å². The zero-order chi connectivity index (χ0) is 14.4. The summed E-state index contributed by atoms with van der Waals surface area (Å²) in [6, 6.07) is 10.6. The number of anilines is 1. The molecule has 2 rings (SSSR count). The lowest BCUT2D eigenvalue weighted by Gasteiger charge is -2.07. The summed E-state index contributed by atoms with van der Waals surface area (Å²) < 4.78 is 0. The number of carbonyl (C=O) groups excluding carboxylic acids is 2. The summed E-state index contributed by atoms with van der Waals surface area (Å²) in [6.07, 6.45) is 0.197. The molecule has 20 heavy (non-hydrogen) atoms. The second-order valence-corrected chi connectivity index (χ2v) is 5.37. The third-order valence-electron chi connectivity index (χ3n) is 2.53. The standard InChI is InChI=1S/C14H13ClN2O2S/c15-10-4-1-2-5-11(10)17-13(18)7-8-16-14(19)12-6-3-9-20-12/h1-6,9H,7-8H2,(H,16,19)(H,17,18). The first-order chi connectivity index (χ1) is 9.66. The van der Waals surface area contributed by atoms with E-state index < -0.39 is 0 Å². The van der Waals surface area contributed by atoms with Gasteiger partial charge in [0.2, 0.25) is 5.91 Å². The van der Waals surface area contributed by atoms with Crippen molar-refractivity contribution in [1.82, 2.24) is 5.32 Å². The van der Waals surface area contributed by atoms with Crippen LogP contribution in [0.25, 0.3) is 0 Å². The van der Waals surface area contributed by atoms with E-state index in [1.54, 1.807) is 30.3 Å². The average molecular weight is 309 g/mol. The molecule has 0 aliphatic rings. The number of para-hydroxylation sites is 1. The van der Waals surface area contributed by atoms with Gasteiger partial charge in [0.25, 0.3) is 5.91 Å². The Morgan fingerprint density at radius 3 is 2.65 bits per heavy atom. The molecule has 0 spiro atoms. The van der Waals surface area contributed by atoms with Crippen LogP contribution in [0.3, 0.4) is 0 Å². The molecular formula is C14H13ClN2O2S. The highest BCUT2D eigenvalue weighted by Gasteiger charge is 2.08. The number of hydrogen-bond acceptors (Lipinski definition) is 3. The highest BCUT2D eigenvalue weighted by atomic mass is 35.5. The van der Waals surface area contributed by atoms with Crippen molar-refractivity contribution < 1.29 is 9.59 Å². The first-order valence-corrected chi connectivity index (χ1v) is 7.28. The van der Waals surface area contributed by atoms with Gasteiger partial charge in [0.15, 0.2) is 0 Å². The lowest BCUT2D eigenvalue weighted by atomic mass is 10.3. The lowest BCUT2D eigenvalue weighted by Crippen LogP contribution is -2.27. The van der Waals surface area contributed by atoms with Gasteiger partial charge in [-0.2, -0.15) is 0 Å². The molecule has 0 atom stereocenters. The summed E-state index contributed by atoms with van der Waals surface area (Å²) in [6.45, 7) is 0.285.